The molecule has 0 fully saturated rings. The second kappa shape index (κ2) is 11.5. The molecule has 0 amide bonds. The van der Waals surface area contributed by atoms with Gasteiger partial charge in [-0.05, 0) is 75.9 Å². The largest absolute Gasteiger partial charge is 0.493 e. The zero-order valence-corrected chi connectivity index (χ0v) is 24.0. The molecule has 3 aromatic rings. The fraction of sp³-hybridized carbons (Fsp3) is 0.364. The van der Waals surface area contributed by atoms with Crippen molar-refractivity contribution in [2.24, 2.45) is 0 Å². The second-order valence-corrected chi connectivity index (χ2v) is 10.8. The summed E-state index contributed by atoms with van der Waals surface area (Å²) >= 11 is 0. The third-order valence-corrected chi connectivity index (χ3v) is 7.22. The lowest BCUT2D eigenvalue weighted by Crippen LogP contribution is -2.27. The van der Waals surface area contributed by atoms with E-state index in [4.69, 9.17) is 18.9 Å². The van der Waals surface area contributed by atoms with Gasteiger partial charge in [0.2, 0.25) is 0 Å². The number of hydrogen-bond acceptors (Lipinski definition) is 7. The Labute approximate surface area is 236 Å². The highest BCUT2D eigenvalue weighted by molar-refractivity contribution is 6.01. The number of methoxy groups -OCH3 is 2. The van der Waals surface area contributed by atoms with Gasteiger partial charge in [0.25, 0.3) is 0 Å². The molecular weight excluding hydrogens is 504 g/mol. The summed E-state index contributed by atoms with van der Waals surface area (Å²) in [4.78, 5) is 14.1. The van der Waals surface area contributed by atoms with Crippen LogP contribution in [0.4, 0.5) is 11.4 Å². The van der Waals surface area contributed by atoms with Crippen LogP contribution >= 0.6 is 0 Å². The summed E-state index contributed by atoms with van der Waals surface area (Å²) in [5.74, 6) is 2.72. The summed E-state index contributed by atoms with van der Waals surface area (Å²) in [5, 5.41) is 7.27. The van der Waals surface area contributed by atoms with Crippen molar-refractivity contribution in [2.45, 2.75) is 64.7 Å². The highest BCUT2D eigenvalue weighted by atomic mass is 16.5. The Morgan fingerprint density at radius 3 is 2.20 bits per heavy atom. The van der Waals surface area contributed by atoms with Gasteiger partial charge in [-0.3, -0.25) is 4.79 Å². The van der Waals surface area contributed by atoms with Gasteiger partial charge < -0.3 is 29.6 Å². The summed E-state index contributed by atoms with van der Waals surface area (Å²) in [6.07, 6.45) is 1.02. The first-order valence-electron chi connectivity index (χ1n) is 13.9. The number of benzene rings is 3. The monoisotopic (exact) mass is 542 g/mol. The Kier molecular flexibility index (Phi) is 7.92. The number of para-hydroxylation sites is 3. The van der Waals surface area contributed by atoms with E-state index < -0.39 is 6.04 Å². The van der Waals surface area contributed by atoms with Crippen LogP contribution in [0.3, 0.4) is 0 Å². The Morgan fingerprint density at radius 2 is 1.50 bits per heavy atom. The Hall–Kier alpha value is -4.13. The first kappa shape index (κ1) is 27.4. The number of fused-ring (bicyclic) bond motifs is 1. The number of allylic oxidation sites excluding steroid dienone is 1. The maximum atomic E-state index is 14.1. The van der Waals surface area contributed by atoms with E-state index in [1.807, 2.05) is 88.4 Å². The topological polar surface area (TPSA) is 78.1 Å². The van der Waals surface area contributed by atoms with Crippen LogP contribution in [0.25, 0.3) is 0 Å². The van der Waals surface area contributed by atoms with Gasteiger partial charge in [-0.25, -0.2) is 0 Å². The van der Waals surface area contributed by atoms with Gasteiger partial charge in [0.1, 0.15) is 0 Å². The fourth-order valence-electron chi connectivity index (χ4n) is 5.53. The molecule has 3 aromatic carbocycles. The molecule has 1 heterocycles. The Morgan fingerprint density at radius 1 is 0.775 bits per heavy atom. The molecule has 1 aliphatic carbocycles. The van der Waals surface area contributed by atoms with E-state index in [2.05, 4.69) is 10.6 Å². The summed E-state index contributed by atoms with van der Waals surface area (Å²) in [6, 6.07) is 19.4. The lowest BCUT2D eigenvalue weighted by Gasteiger charge is -2.31. The number of hydrogen-bond donors (Lipinski definition) is 2. The zero-order chi connectivity index (χ0) is 28.4. The van der Waals surface area contributed by atoms with E-state index in [1.54, 1.807) is 14.2 Å². The minimum Gasteiger partial charge on any atom is -0.493 e. The van der Waals surface area contributed by atoms with E-state index in [9.17, 15) is 4.79 Å². The summed E-state index contributed by atoms with van der Waals surface area (Å²) in [7, 11) is 3.28. The quantitative estimate of drug-likeness (QED) is 0.310. The Bertz CT molecular complexity index is 1430. The number of carbonyl (C=O) groups excluding carboxylic acids is 1. The van der Waals surface area contributed by atoms with E-state index >= 15 is 0 Å². The van der Waals surface area contributed by atoms with Gasteiger partial charge >= 0.3 is 0 Å². The molecule has 2 atom stereocenters. The van der Waals surface area contributed by atoms with Crippen molar-refractivity contribution in [2.75, 3.05) is 24.9 Å². The van der Waals surface area contributed by atoms with E-state index in [0.29, 0.717) is 35.8 Å². The molecule has 7 nitrogen and oxygen atoms in total. The molecule has 0 radical (unpaired) electrons. The molecular formula is C33H38N2O5. The predicted molar refractivity (Wildman–Crippen MR) is 158 cm³/mol. The average molecular weight is 543 g/mol. The smallest absolute Gasteiger partial charge is 0.167 e. The van der Waals surface area contributed by atoms with Crippen molar-refractivity contribution in [3.63, 3.8) is 0 Å². The molecule has 2 unspecified atom stereocenters. The van der Waals surface area contributed by atoms with Gasteiger partial charge in [-0.15, -0.1) is 0 Å². The molecule has 0 saturated heterocycles. The predicted octanol–water partition coefficient (Wildman–Crippen LogP) is 7.26. The standard InChI is InChI=1S/C33H38N2O5/c1-19(2)39-28-15-14-21(18-30(28)38-6)22-16-26-31(27(36)17-22)32(35-25-12-8-7-11-24(25)34-26)23-10-9-13-29(37-5)33(23)40-20(3)4/h7-15,18-20,22,32,34-35H,16-17H2,1-6H3. The zero-order valence-electron chi connectivity index (χ0n) is 24.0. The maximum absolute atomic E-state index is 14.1. The van der Waals surface area contributed by atoms with Crippen molar-refractivity contribution in [1.29, 1.82) is 0 Å². The lowest BCUT2D eigenvalue weighted by atomic mass is 9.78. The highest BCUT2D eigenvalue weighted by Gasteiger charge is 2.38. The van der Waals surface area contributed by atoms with Crippen molar-refractivity contribution in [3.8, 4) is 23.0 Å². The van der Waals surface area contributed by atoms with Gasteiger partial charge in [0.05, 0.1) is 43.8 Å². The number of rotatable bonds is 8. The molecule has 2 N–H and O–H groups in total. The number of anilines is 2. The molecule has 0 spiro atoms. The van der Waals surface area contributed by atoms with Gasteiger partial charge in [0, 0.05) is 23.3 Å². The molecule has 210 valence electrons. The van der Waals surface area contributed by atoms with Gasteiger partial charge in [0.15, 0.2) is 28.8 Å². The third-order valence-electron chi connectivity index (χ3n) is 7.22. The molecule has 0 saturated carbocycles. The van der Waals surface area contributed by atoms with Gasteiger partial charge in [-0.1, -0.05) is 30.3 Å². The number of nitrogens with one attached hydrogen (secondary N) is 2. The summed E-state index contributed by atoms with van der Waals surface area (Å²) < 4.78 is 23.5. The van der Waals surface area contributed by atoms with Gasteiger partial charge in [-0.2, -0.15) is 0 Å². The first-order valence-corrected chi connectivity index (χ1v) is 13.9. The second-order valence-electron chi connectivity index (χ2n) is 10.8. The summed E-state index contributed by atoms with van der Waals surface area (Å²) in [6.45, 7) is 7.95. The molecule has 1 aliphatic heterocycles. The minimum absolute atomic E-state index is 0.0108. The Balaban J connectivity index is 1.60. The average Bonchev–Trinajstić information content (AvgIpc) is 3.09. The summed E-state index contributed by atoms with van der Waals surface area (Å²) in [5.41, 5.74) is 5.38. The van der Waals surface area contributed by atoms with Crippen LogP contribution in [0, 0.1) is 0 Å². The van der Waals surface area contributed by atoms with E-state index in [0.717, 1.165) is 33.8 Å². The molecule has 7 heteroatoms. The molecule has 40 heavy (non-hydrogen) atoms. The molecule has 0 aromatic heterocycles. The van der Waals surface area contributed by atoms with Crippen molar-refractivity contribution in [3.05, 3.63) is 83.1 Å². The number of carbonyl (C=O) groups is 1. The van der Waals surface area contributed by atoms with Crippen molar-refractivity contribution >= 4 is 17.2 Å². The van der Waals surface area contributed by atoms with Crippen LogP contribution in [0.1, 0.15) is 63.6 Å². The van der Waals surface area contributed by atoms with Crippen LogP contribution in [0.15, 0.2) is 71.9 Å². The normalized spacial score (nSPS) is 18.4. The maximum Gasteiger partial charge on any atom is 0.167 e. The van der Waals surface area contributed by atoms with Crippen molar-refractivity contribution < 1.29 is 23.7 Å². The van der Waals surface area contributed by atoms with Crippen LogP contribution in [-0.4, -0.2) is 32.2 Å². The van der Waals surface area contributed by atoms with Crippen LogP contribution in [0.5, 0.6) is 23.0 Å². The number of ether oxygens (including phenoxy) is 4. The van der Waals surface area contributed by atoms with Crippen molar-refractivity contribution in [1.82, 2.24) is 0 Å². The number of ketones is 1. The highest BCUT2D eigenvalue weighted by Crippen LogP contribution is 2.48. The molecule has 5 rings (SSSR count). The molecule has 0 bridgehead atoms. The van der Waals surface area contributed by atoms with E-state index in [1.165, 1.54) is 0 Å². The van der Waals surface area contributed by atoms with Crippen LogP contribution in [0.2, 0.25) is 0 Å². The van der Waals surface area contributed by atoms with E-state index in [-0.39, 0.29) is 23.9 Å². The minimum atomic E-state index is -0.417. The molecule has 2 aliphatic rings. The SMILES string of the molecule is COc1cc(C2CC(=O)C3=C(C2)Nc2ccccc2NC3c2cccc(OC)c2OC(C)C)ccc1OC(C)C. The lowest BCUT2D eigenvalue weighted by molar-refractivity contribution is -0.116. The van der Waals surface area contributed by atoms with Crippen LogP contribution < -0.4 is 29.6 Å². The number of Topliss-reactive ketones (excluding diaryl/α,β-unsaturated/α-hetero) is 1. The fourth-order valence-corrected chi connectivity index (χ4v) is 5.53. The third kappa shape index (κ3) is 5.46. The first-order chi connectivity index (χ1) is 19.3. The van der Waals surface area contributed by atoms with Crippen LogP contribution in [-0.2, 0) is 4.79 Å².